The molecule has 1 aliphatic heterocycles. The van der Waals surface area contributed by atoms with Crippen LogP contribution >= 0.6 is 0 Å². The Kier molecular flexibility index (Phi) is 5.38. The van der Waals surface area contributed by atoms with E-state index in [0.29, 0.717) is 0 Å². The van der Waals surface area contributed by atoms with E-state index in [2.05, 4.69) is 15.2 Å². The third kappa shape index (κ3) is 4.39. The average Bonchev–Trinajstić information content (AvgIpc) is 2.95. The van der Waals surface area contributed by atoms with Gasteiger partial charge in [-0.3, -0.25) is 9.88 Å². The van der Waals surface area contributed by atoms with Gasteiger partial charge in [-0.2, -0.15) is 0 Å². The lowest BCUT2D eigenvalue weighted by atomic mass is 10.1. The summed E-state index contributed by atoms with van der Waals surface area (Å²) in [7, 11) is 0. The van der Waals surface area contributed by atoms with E-state index in [0.717, 1.165) is 55.5 Å². The maximum Gasteiger partial charge on any atom is 0.317 e. The van der Waals surface area contributed by atoms with Gasteiger partial charge in [0, 0.05) is 44.5 Å². The number of aromatic nitrogens is 1. The fourth-order valence-corrected chi connectivity index (χ4v) is 3.26. The molecule has 0 spiro atoms. The highest BCUT2D eigenvalue weighted by Crippen LogP contribution is 2.21. The third-order valence-corrected chi connectivity index (χ3v) is 4.66. The Labute approximate surface area is 148 Å². The summed E-state index contributed by atoms with van der Waals surface area (Å²) >= 11 is 0. The molecule has 1 fully saturated rings. The van der Waals surface area contributed by atoms with Crippen LogP contribution in [0.3, 0.4) is 0 Å². The Morgan fingerprint density at radius 1 is 1.28 bits per heavy atom. The maximum absolute atomic E-state index is 12.5. The second-order valence-corrected chi connectivity index (χ2v) is 6.62. The number of nitrogens with one attached hydrogen (secondary N) is 1. The van der Waals surface area contributed by atoms with Gasteiger partial charge in [0.25, 0.3) is 0 Å². The average molecular weight is 342 g/mol. The highest BCUT2D eigenvalue weighted by molar-refractivity contribution is 5.74. The summed E-state index contributed by atoms with van der Waals surface area (Å²) in [5, 5.41) is 3.08. The predicted molar refractivity (Wildman–Crippen MR) is 96.2 cm³/mol. The number of carbonyl (C=O) groups is 1. The van der Waals surface area contributed by atoms with Gasteiger partial charge in [0.05, 0.1) is 11.7 Å². The van der Waals surface area contributed by atoms with Crippen LogP contribution in [0.5, 0.6) is 0 Å². The molecule has 0 radical (unpaired) electrons. The topological polar surface area (TPSA) is 61.6 Å². The third-order valence-electron chi connectivity index (χ3n) is 4.66. The minimum Gasteiger partial charge on any atom is -0.466 e. The molecule has 0 aromatic carbocycles. The van der Waals surface area contributed by atoms with Crippen LogP contribution in [0.1, 0.15) is 35.7 Å². The summed E-state index contributed by atoms with van der Waals surface area (Å²) in [6.45, 7) is 9.87. The smallest absolute Gasteiger partial charge is 0.317 e. The Balaban J connectivity index is 1.49. The number of pyridine rings is 1. The molecule has 0 aliphatic carbocycles. The van der Waals surface area contributed by atoms with E-state index >= 15 is 0 Å². The first-order valence-electron chi connectivity index (χ1n) is 8.77. The van der Waals surface area contributed by atoms with E-state index in [1.54, 1.807) is 0 Å². The van der Waals surface area contributed by atoms with Gasteiger partial charge in [-0.25, -0.2) is 4.79 Å². The van der Waals surface area contributed by atoms with Crippen molar-refractivity contribution in [3.8, 4) is 0 Å². The number of hydrogen-bond acceptors (Lipinski definition) is 4. The van der Waals surface area contributed by atoms with Crippen LogP contribution in [0, 0.1) is 13.8 Å². The molecule has 2 aromatic heterocycles. The Bertz CT molecular complexity index is 705. The zero-order valence-electron chi connectivity index (χ0n) is 15.2. The normalized spacial score (nSPS) is 16.7. The van der Waals surface area contributed by atoms with Crippen LogP contribution in [0.25, 0.3) is 0 Å². The van der Waals surface area contributed by atoms with Gasteiger partial charge in [-0.1, -0.05) is 6.07 Å². The summed E-state index contributed by atoms with van der Waals surface area (Å²) in [5.74, 6) is 1.74. The van der Waals surface area contributed by atoms with Crippen LogP contribution < -0.4 is 5.32 Å². The van der Waals surface area contributed by atoms with Crippen molar-refractivity contribution in [1.29, 1.82) is 0 Å². The summed E-state index contributed by atoms with van der Waals surface area (Å²) in [4.78, 5) is 21.1. The van der Waals surface area contributed by atoms with Crippen molar-refractivity contribution in [2.24, 2.45) is 0 Å². The molecule has 1 aliphatic rings. The fraction of sp³-hybridized carbons (Fsp3) is 0.474. The lowest BCUT2D eigenvalue weighted by Crippen LogP contribution is -2.51. The lowest BCUT2D eigenvalue weighted by Gasteiger charge is -2.35. The first kappa shape index (κ1) is 17.5. The second kappa shape index (κ2) is 7.70. The molecule has 6 nitrogen and oxygen atoms in total. The van der Waals surface area contributed by atoms with E-state index in [9.17, 15) is 4.79 Å². The van der Waals surface area contributed by atoms with Crippen molar-refractivity contribution in [1.82, 2.24) is 20.1 Å². The fourth-order valence-electron chi connectivity index (χ4n) is 3.26. The number of piperazine rings is 1. The molecular formula is C19H26N4O2. The molecular weight excluding hydrogens is 316 g/mol. The van der Waals surface area contributed by atoms with Crippen molar-refractivity contribution in [2.45, 2.75) is 33.4 Å². The van der Waals surface area contributed by atoms with Crippen molar-refractivity contribution in [3.63, 3.8) is 0 Å². The Hall–Kier alpha value is -2.34. The van der Waals surface area contributed by atoms with Crippen molar-refractivity contribution >= 4 is 6.03 Å². The van der Waals surface area contributed by atoms with Crippen LogP contribution in [-0.4, -0.2) is 47.0 Å². The number of rotatable bonds is 4. The summed E-state index contributed by atoms with van der Waals surface area (Å²) < 4.78 is 5.56. The molecule has 6 heteroatoms. The van der Waals surface area contributed by atoms with Crippen molar-refractivity contribution in [2.75, 3.05) is 26.2 Å². The molecule has 2 amide bonds. The number of nitrogens with zero attached hydrogens (tertiary/aromatic N) is 3. The van der Waals surface area contributed by atoms with E-state index < -0.39 is 0 Å². The van der Waals surface area contributed by atoms with Crippen LogP contribution in [0.15, 0.2) is 34.9 Å². The van der Waals surface area contributed by atoms with Gasteiger partial charge >= 0.3 is 6.03 Å². The summed E-state index contributed by atoms with van der Waals surface area (Å²) in [6, 6.07) is 7.89. The first-order chi connectivity index (χ1) is 12.0. The molecule has 3 heterocycles. The standard InChI is InChI=1S/C19H26N4O2/c1-14-12-18(16(3)25-14)15(2)21-19(24)23-10-8-22(9-11-23)13-17-6-4-5-7-20-17/h4-7,12,15H,8-11,13H2,1-3H3,(H,21,24)/t15-/m0/s1. The molecule has 1 N–H and O–H groups in total. The quantitative estimate of drug-likeness (QED) is 0.928. The van der Waals surface area contributed by atoms with Gasteiger partial charge in [0.15, 0.2) is 0 Å². The summed E-state index contributed by atoms with van der Waals surface area (Å²) in [6.07, 6.45) is 1.82. The number of furan rings is 1. The minimum absolute atomic E-state index is 0.0109. The van der Waals surface area contributed by atoms with E-state index in [-0.39, 0.29) is 12.1 Å². The van der Waals surface area contributed by atoms with Gasteiger partial charge in [0.1, 0.15) is 11.5 Å². The Morgan fingerprint density at radius 2 is 2.04 bits per heavy atom. The molecule has 134 valence electrons. The highest BCUT2D eigenvalue weighted by Gasteiger charge is 2.23. The van der Waals surface area contributed by atoms with Crippen LogP contribution in [-0.2, 0) is 6.54 Å². The molecule has 1 atom stereocenters. The van der Waals surface area contributed by atoms with Gasteiger partial charge < -0.3 is 14.6 Å². The zero-order chi connectivity index (χ0) is 17.8. The van der Waals surface area contributed by atoms with Crippen LogP contribution in [0.4, 0.5) is 4.79 Å². The number of amides is 2. The monoisotopic (exact) mass is 342 g/mol. The second-order valence-electron chi connectivity index (χ2n) is 6.62. The molecule has 0 bridgehead atoms. The molecule has 0 unspecified atom stereocenters. The number of carbonyl (C=O) groups excluding carboxylic acids is 1. The lowest BCUT2D eigenvalue weighted by molar-refractivity contribution is 0.133. The maximum atomic E-state index is 12.5. The number of hydrogen-bond donors (Lipinski definition) is 1. The van der Waals surface area contributed by atoms with E-state index in [1.807, 2.05) is 56.1 Å². The molecule has 1 saturated heterocycles. The molecule has 0 saturated carbocycles. The number of urea groups is 1. The highest BCUT2D eigenvalue weighted by atomic mass is 16.3. The molecule has 25 heavy (non-hydrogen) atoms. The van der Waals surface area contributed by atoms with Crippen molar-refractivity contribution in [3.05, 3.63) is 53.2 Å². The van der Waals surface area contributed by atoms with E-state index in [1.165, 1.54) is 0 Å². The molecule has 3 rings (SSSR count). The van der Waals surface area contributed by atoms with Gasteiger partial charge in [-0.15, -0.1) is 0 Å². The van der Waals surface area contributed by atoms with Crippen molar-refractivity contribution < 1.29 is 9.21 Å². The zero-order valence-corrected chi connectivity index (χ0v) is 15.2. The SMILES string of the molecule is Cc1cc([C@H](C)NC(=O)N2CCN(Cc3ccccn3)CC2)c(C)o1. The largest absolute Gasteiger partial charge is 0.466 e. The molecule has 2 aromatic rings. The number of aryl methyl sites for hydroxylation is 2. The predicted octanol–water partition coefficient (Wildman–Crippen LogP) is 2.88. The summed E-state index contributed by atoms with van der Waals surface area (Å²) in [5.41, 5.74) is 2.11. The van der Waals surface area contributed by atoms with E-state index in [4.69, 9.17) is 4.42 Å². The Morgan fingerprint density at radius 3 is 2.64 bits per heavy atom. The van der Waals surface area contributed by atoms with Crippen LogP contribution in [0.2, 0.25) is 0 Å². The van der Waals surface area contributed by atoms with Gasteiger partial charge in [0.2, 0.25) is 0 Å². The minimum atomic E-state index is -0.0588. The first-order valence-corrected chi connectivity index (χ1v) is 8.77. The van der Waals surface area contributed by atoms with Gasteiger partial charge in [-0.05, 0) is 39.0 Å².